The fraction of sp³-hybridized carbons (Fsp3) is 0.182. The first-order chi connectivity index (χ1) is 8.58. The van der Waals surface area contributed by atoms with Crippen LogP contribution in [-0.4, -0.2) is 21.1 Å². The second-order valence-electron chi connectivity index (χ2n) is 3.79. The molecular formula is C11H12ClN5O. The lowest BCUT2D eigenvalue weighted by atomic mass is 10.2. The topological polar surface area (TPSA) is 96.7 Å². The highest BCUT2D eigenvalue weighted by atomic mass is 35.5. The van der Waals surface area contributed by atoms with E-state index in [1.165, 1.54) is 12.3 Å². The zero-order chi connectivity index (χ0) is 13.1. The zero-order valence-corrected chi connectivity index (χ0v) is 10.5. The van der Waals surface area contributed by atoms with Gasteiger partial charge in [0.1, 0.15) is 5.82 Å². The number of aryl methyl sites for hydroxylation is 1. The minimum atomic E-state index is -0.259. The van der Waals surface area contributed by atoms with E-state index in [1.54, 1.807) is 6.20 Å². The number of anilines is 1. The zero-order valence-electron chi connectivity index (χ0n) is 9.70. The van der Waals surface area contributed by atoms with E-state index in [2.05, 4.69) is 20.5 Å². The van der Waals surface area contributed by atoms with Crippen LogP contribution in [0.5, 0.6) is 0 Å². The van der Waals surface area contributed by atoms with Crippen LogP contribution >= 0.6 is 11.6 Å². The van der Waals surface area contributed by atoms with E-state index >= 15 is 0 Å². The van der Waals surface area contributed by atoms with E-state index < -0.39 is 0 Å². The van der Waals surface area contributed by atoms with Crippen molar-refractivity contribution in [1.29, 1.82) is 0 Å². The van der Waals surface area contributed by atoms with Crippen molar-refractivity contribution in [3.8, 4) is 0 Å². The fourth-order valence-electron chi connectivity index (χ4n) is 1.40. The SMILES string of the molecule is Cc1[nH]ncc1CNC(=O)c1cnc(N)c(Cl)c1. The van der Waals surface area contributed by atoms with E-state index in [9.17, 15) is 4.79 Å². The van der Waals surface area contributed by atoms with Gasteiger partial charge in [0, 0.05) is 24.0 Å². The van der Waals surface area contributed by atoms with Crippen molar-refractivity contribution in [1.82, 2.24) is 20.5 Å². The van der Waals surface area contributed by atoms with Gasteiger partial charge < -0.3 is 11.1 Å². The van der Waals surface area contributed by atoms with Gasteiger partial charge in [0.2, 0.25) is 0 Å². The smallest absolute Gasteiger partial charge is 0.253 e. The Morgan fingerprint density at radius 2 is 2.33 bits per heavy atom. The van der Waals surface area contributed by atoms with Crippen molar-refractivity contribution < 1.29 is 4.79 Å². The molecule has 0 aromatic carbocycles. The highest BCUT2D eigenvalue weighted by Crippen LogP contribution is 2.16. The van der Waals surface area contributed by atoms with Gasteiger partial charge in [-0.1, -0.05) is 11.6 Å². The minimum absolute atomic E-state index is 0.207. The molecule has 18 heavy (non-hydrogen) atoms. The molecule has 0 aliphatic heterocycles. The van der Waals surface area contributed by atoms with Crippen molar-refractivity contribution in [3.63, 3.8) is 0 Å². The predicted octanol–water partition coefficient (Wildman–Crippen LogP) is 1.28. The first-order valence-electron chi connectivity index (χ1n) is 5.26. The van der Waals surface area contributed by atoms with E-state index in [0.717, 1.165) is 11.3 Å². The Labute approximate surface area is 109 Å². The highest BCUT2D eigenvalue weighted by Gasteiger charge is 2.09. The normalized spacial score (nSPS) is 10.3. The lowest BCUT2D eigenvalue weighted by Gasteiger charge is -2.05. The third kappa shape index (κ3) is 2.60. The van der Waals surface area contributed by atoms with Gasteiger partial charge in [-0.2, -0.15) is 5.10 Å². The van der Waals surface area contributed by atoms with E-state index in [4.69, 9.17) is 17.3 Å². The molecule has 0 aliphatic carbocycles. The van der Waals surface area contributed by atoms with Crippen molar-refractivity contribution in [2.24, 2.45) is 0 Å². The molecule has 0 atom stereocenters. The number of aromatic amines is 1. The van der Waals surface area contributed by atoms with Gasteiger partial charge in [-0.3, -0.25) is 9.89 Å². The summed E-state index contributed by atoms with van der Waals surface area (Å²) in [5.74, 6) is -0.0519. The van der Waals surface area contributed by atoms with Gasteiger partial charge >= 0.3 is 0 Å². The summed E-state index contributed by atoms with van der Waals surface area (Å²) < 4.78 is 0. The number of amides is 1. The molecule has 2 aromatic heterocycles. The molecule has 94 valence electrons. The molecule has 4 N–H and O–H groups in total. The second-order valence-corrected chi connectivity index (χ2v) is 4.20. The van der Waals surface area contributed by atoms with E-state index in [-0.39, 0.29) is 16.7 Å². The van der Waals surface area contributed by atoms with Crippen LogP contribution in [0, 0.1) is 6.92 Å². The predicted molar refractivity (Wildman–Crippen MR) is 68.2 cm³/mol. The lowest BCUT2D eigenvalue weighted by Crippen LogP contribution is -2.23. The largest absolute Gasteiger partial charge is 0.382 e. The monoisotopic (exact) mass is 265 g/mol. The Bertz CT molecular complexity index is 581. The quantitative estimate of drug-likeness (QED) is 0.779. The van der Waals surface area contributed by atoms with Gasteiger partial charge in [0.25, 0.3) is 5.91 Å². The summed E-state index contributed by atoms with van der Waals surface area (Å²) >= 11 is 5.80. The van der Waals surface area contributed by atoms with E-state index in [1.807, 2.05) is 6.92 Å². The molecular weight excluding hydrogens is 254 g/mol. The molecule has 6 nitrogen and oxygen atoms in total. The maximum atomic E-state index is 11.8. The number of hydrogen-bond acceptors (Lipinski definition) is 4. The maximum absolute atomic E-state index is 11.8. The number of halogens is 1. The molecule has 0 aliphatic rings. The highest BCUT2D eigenvalue weighted by molar-refractivity contribution is 6.33. The number of aromatic nitrogens is 3. The summed E-state index contributed by atoms with van der Waals surface area (Å²) in [6, 6.07) is 1.49. The molecule has 0 radical (unpaired) electrons. The van der Waals surface area contributed by atoms with Crippen LogP contribution in [0.1, 0.15) is 21.6 Å². The Hall–Kier alpha value is -2.08. The first kappa shape index (κ1) is 12.4. The Kier molecular flexibility index (Phi) is 3.47. The molecule has 0 spiro atoms. The number of nitrogens with two attached hydrogens (primary N) is 1. The molecule has 0 saturated heterocycles. The molecule has 0 bridgehead atoms. The molecule has 2 rings (SSSR count). The van der Waals surface area contributed by atoms with Crippen LogP contribution in [0.3, 0.4) is 0 Å². The van der Waals surface area contributed by atoms with Crippen LogP contribution in [-0.2, 0) is 6.54 Å². The van der Waals surface area contributed by atoms with Gasteiger partial charge in [-0.25, -0.2) is 4.98 Å². The average molecular weight is 266 g/mol. The molecule has 2 heterocycles. The summed E-state index contributed by atoms with van der Waals surface area (Å²) in [6.45, 7) is 2.28. The Morgan fingerprint density at radius 1 is 1.56 bits per heavy atom. The van der Waals surface area contributed by atoms with E-state index in [0.29, 0.717) is 12.1 Å². The first-order valence-corrected chi connectivity index (χ1v) is 5.64. The summed E-state index contributed by atoms with van der Waals surface area (Å²) in [6.07, 6.45) is 3.06. The lowest BCUT2D eigenvalue weighted by molar-refractivity contribution is 0.0950. The number of rotatable bonds is 3. The Balaban J connectivity index is 2.04. The Morgan fingerprint density at radius 3 is 2.94 bits per heavy atom. The third-order valence-electron chi connectivity index (χ3n) is 2.51. The summed E-state index contributed by atoms with van der Waals surface area (Å²) in [5.41, 5.74) is 7.69. The summed E-state index contributed by atoms with van der Waals surface area (Å²) in [5, 5.41) is 9.69. The maximum Gasteiger partial charge on any atom is 0.253 e. The van der Waals surface area contributed by atoms with Crippen LogP contribution < -0.4 is 11.1 Å². The number of nitrogens with one attached hydrogen (secondary N) is 2. The number of nitrogens with zero attached hydrogens (tertiary/aromatic N) is 2. The van der Waals surface area contributed by atoms with Gasteiger partial charge in [-0.15, -0.1) is 0 Å². The minimum Gasteiger partial charge on any atom is -0.382 e. The van der Waals surface area contributed by atoms with Crippen molar-refractivity contribution in [2.45, 2.75) is 13.5 Å². The van der Waals surface area contributed by atoms with Crippen LogP contribution in [0.2, 0.25) is 5.02 Å². The molecule has 0 saturated carbocycles. The average Bonchev–Trinajstić information content (AvgIpc) is 2.75. The number of carbonyl (C=O) groups excluding carboxylic acids is 1. The molecule has 0 unspecified atom stereocenters. The standard InChI is InChI=1S/C11H12ClN5O/c1-6-8(5-16-17-6)4-15-11(18)7-2-9(12)10(13)14-3-7/h2-3,5H,4H2,1H3,(H2,13,14)(H,15,18)(H,16,17). The molecule has 1 amide bonds. The molecule has 2 aromatic rings. The number of H-pyrrole nitrogens is 1. The van der Waals surface area contributed by atoms with Crippen LogP contribution in [0.15, 0.2) is 18.5 Å². The number of hydrogen-bond donors (Lipinski definition) is 3. The van der Waals surface area contributed by atoms with Crippen LogP contribution in [0.4, 0.5) is 5.82 Å². The third-order valence-corrected chi connectivity index (χ3v) is 2.81. The van der Waals surface area contributed by atoms with Gasteiger partial charge in [0.05, 0.1) is 16.8 Å². The number of pyridine rings is 1. The summed E-state index contributed by atoms with van der Waals surface area (Å²) in [7, 11) is 0. The fourth-order valence-corrected chi connectivity index (χ4v) is 1.57. The van der Waals surface area contributed by atoms with Crippen LogP contribution in [0.25, 0.3) is 0 Å². The summed E-state index contributed by atoms with van der Waals surface area (Å²) in [4.78, 5) is 15.7. The van der Waals surface area contributed by atoms with Gasteiger partial charge in [0.15, 0.2) is 0 Å². The van der Waals surface area contributed by atoms with Crippen molar-refractivity contribution in [3.05, 3.63) is 40.3 Å². The number of nitrogen functional groups attached to an aromatic ring is 1. The number of carbonyl (C=O) groups is 1. The second kappa shape index (κ2) is 5.05. The molecule has 7 heteroatoms. The van der Waals surface area contributed by atoms with Gasteiger partial charge in [-0.05, 0) is 13.0 Å². The van der Waals surface area contributed by atoms with Crippen molar-refractivity contribution >= 4 is 23.3 Å². The molecule has 0 fully saturated rings. The van der Waals surface area contributed by atoms with Crippen molar-refractivity contribution in [2.75, 3.05) is 5.73 Å².